The molecule has 0 saturated carbocycles. The van der Waals surface area contributed by atoms with Gasteiger partial charge in [0.15, 0.2) is 10.2 Å². The summed E-state index contributed by atoms with van der Waals surface area (Å²) in [5.74, 6) is 0. The van der Waals surface area contributed by atoms with Gasteiger partial charge in [-0.1, -0.05) is 0 Å². The van der Waals surface area contributed by atoms with Crippen LogP contribution in [0.2, 0.25) is 0 Å². The van der Waals surface area contributed by atoms with E-state index in [-0.39, 0.29) is 0 Å². The summed E-state index contributed by atoms with van der Waals surface area (Å²) < 4.78 is 0. The molecular weight excluding hydrogens is 380 g/mol. The van der Waals surface area contributed by atoms with Crippen molar-refractivity contribution < 1.29 is 0 Å². The molecule has 0 spiro atoms. The molecule has 0 atom stereocenters. The third kappa shape index (κ3) is 7.08. The maximum atomic E-state index is 5.29. The van der Waals surface area contributed by atoms with Crippen molar-refractivity contribution in [3.05, 3.63) is 24.3 Å². The van der Waals surface area contributed by atoms with Crippen LogP contribution in [0.15, 0.2) is 34.5 Å². The second-order valence-corrected chi connectivity index (χ2v) is 6.75. The summed E-state index contributed by atoms with van der Waals surface area (Å²) in [5.41, 5.74) is 9.06. The number of nitrogens with zero attached hydrogens (tertiary/aromatic N) is 3. The molecule has 1 saturated heterocycles. The first-order chi connectivity index (χ1) is 13.0. The van der Waals surface area contributed by atoms with Crippen molar-refractivity contribution in [2.75, 3.05) is 43.4 Å². The van der Waals surface area contributed by atoms with Crippen LogP contribution < -0.4 is 31.7 Å². The SMILES string of the molecule is CNC(=S)N/N=C(C)/C(C)=N\NC(=S)Nc1ccc(N2CCNCC2)cc1. The van der Waals surface area contributed by atoms with Crippen LogP contribution in [0, 0.1) is 0 Å². The number of hydrazone groups is 2. The van der Waals surface area contributed by atoms with Crippen molar-refractivity contribution >= 4 is 57.5 Å². The topological polar surface area (TPSA) is 88.1 Å². The van der Waals surface area contributed by atoms with Gasteiger partial charge in [-0.3, -0.25) is 10.9 Å². The van der Waals surface area contributed by atoms with E-state index < -0.39 is 0 Å². The average molecular weight is 407 g/mol. The minimum absolute atomic E-state index is 0.413. The summed E-state index contributed by atoms with van der Waals surface area (Å²) in [7, 11) is 1.73. The summed E-state index contributed by atoms with van der Waals surface area (Å²) in [6, 6.07) is 8.21. The Labute approximate surface area is 170 Å². The molecule has 1 fully saturated rings. The first-order valence-corrected chi connectivity index (χ1v) is 9.50. The number of thiocarbonyl (C=S) groups is 2. The van der Waals surface area contributed by atoms with Crippen molar-refractivity contribution in [3.8, 4) is 0 Å². The van der Waals surface area contributed by atoms with E-state index in [2.05, 4.69) is 54.0 Å². The van der Waals surface area contributed by atoms with E-state index in [1.807, 2.05) is 26.0 Å². The van der Waals surface area contributed by atoms with Gasteiger partial charge in [0, 0.05) is 44.6 Å². The molecule has 1 aliphatic heterocycles. The van der Waals surface area contributed by atoms with Gasteiger partial charge in [-0.2, -0.15) is 10.2 Å². The molecule has 0 aliphatic carbocycles. The van der Waals surface area contributed by atoms with Gasteiger partial charge in [0.1, 0.15) is 0 Å². The minimum Gasteiger partial charge on any atom is -0.369 e. The van der Waals surface area contributed by atoms with Gasteiger partial charge in [0.05, 0.1) is 11.4 Å². The molecule has 0 unspecified atom stereocenters. The smallest absolute Gasteiger partial charge is 0.191 e. The van der Waals surface area contributed by atoms with E-state index in [9.17, 15) is 0 Å². The van der Waals surface area contributed by atoms with Crippen molar-refractivity contribution in [2.45, 2.75) is 13.8 Å². The van der Waals surface area contributed by atoms with Gasteiger partial charge < -0.3 is 20.9 Å². The fraction of sp³-hybridized carbons (Fsp3) is 0.412. The Morgan fingerprint density at radius 1 is 0.963 bits per heavy atom. The highest BCUT2D eigenvalue weighted by molar-refractivity contribution is 7.80. The molecule has 1 heterocycles. The second-order valence-electron chi connectivity index (χ2n) is 5.94. The molecule has 0 bridgehead atoms. The predicted octanol–water partition coefficient (Wildman–Crippen LogP) is 1.23. The van der Waals surface area contributed by atoms with Crippen LogP contribution >= 0.6 is 24.4 Å². The quantitative estimate of drug-likeness (QED) is 0.284. The molecule has 0 radical (unpaired) electrons. The minimum atomic E-state index is 0.413. The van der Waals surface area contributed by atoms with Crippen LogP contribution in [-0.4, -0.2) is 54.9 Å². The van der Waals surface area contributed by atoms with E-state index in [4.69, 9.17) is 24.4 Å². The van der Waals surface area contributed by atoms with Crippen LogP contribution in [0.3, 0.4) is 0 Å². The lowest BCUT2D eigenvalue weighted by molar-refractivity contribution is 0.589. The highest BCUT2D eigenvalue weighted by Crippen LogP contribution is 2.18. The lowest BCUT2D eigenvalue weighted by Crippen LogP contribution is -2.43. The molecule has 1 aromatic carbocycles. The van der Waals surface area contributed by atoms with Gasteiger partial charge in [-0.05, 0) is 62.5 Å². The number of hydrogen-bond acceptors (Lipinski definition) is 6. The standard InChI is InChI=1S/C17H26N8S2/c1-12(21-23-16(26)18-3)13(2)22-24-17(27)20-14-4-6-15(7-5-14)25-10-8-19-9-11-25/h4-7,19H,8-11H2,1-3H3,(H2,18,23,26)(H2,20,24,27)/b21-12+,22-13-. The molecule has 1 aliphatic rings. The molecule has 5 N–H and O–H groups in total. The lowest BCUT2D eigenvalue weighted by atomic mass is 10.2. The number of piperazine rings is 1. The van der Waals surface area contributed by atoms with Crippen molar-refractivity contribution in [3.63, 3.8) is 0 Å². The Hall–Kier alpha value is -2.30. The highest BCUT2D eigenvalue weighted by Gasteiger charge is 2.10. The maximum absolute atomic E-state index is 5.29. The summed E-state index contributed by atoms with van der Waals surface area (Å²) in [6.07, 6.45) is 0. The lowest BCUT2D eigenvalue weighted by Gasteiger charge is -2.29. The highest BCUT2D eigenvalue weighted by atomic mass is 32.1. The molecule has 27 heavy (non-hydrogen) atoms. The van der Waals surface area contributed by atoms with E-state index >= 15 is 0 Å². The number of benzene rings is 1. The Morgan fingerprint density at radius 3 is 2.07 bits per heavy atom. The molecule has 0 aromatic heterocycles. The molecule has 8 nitrogen and oxygen atoms in total. The van der Waals surface area contributed by atoms with Gasteiger partial charge in [0.25, 0.3) is 0 Å². The second kappa shape index (κ2) is 10.8. The van der Waals surface area contributed by atoms with Crippen molar-refractivity contribution in [1.82, 2.24) is 21.5 Å². The maximum Gasteiger partial charge on any atom is 0.191 e. The summed E-state index contributed by atoms with van der Waals surface area (Å²) in [6.45, 7) is 7.75. The summed E-state index contributed by atoms with van der Waals surface area (Å²) in [4.78, 5) is 2.36. The first-order valence-electron chi connectivity index (χ1n) is 8.69. The monoisotopic (exact) mass is 406 g/mol. The van der Waals surface area contributed by atoms with E-state index in [1.54, 1.807) is 7.05 Å². The van der Waals surface area contributed by atoms with Crippen molar-refractivity contribution in [1.29, 1.82) is 0 Å². The molecule has 146 valence electrons. The third-order valence-electron chi connectivity index (χ3n) is 4.01. The average Bonchev–Trinajstić information content (AvgIpc) is 2.71. The zero-order valence-corrected chi connectivity index (χ0v) is 17.4. The van der Waals surface area contributed by atoms with E-state index in [1.165, 1.54) is 5.69 Å². The van der Waals surface area contributed by atoms with Gasteiger partial charge >= 0.3 is 0 Å². The molecule has 10 heteroatoms. The van der Waals surface area contributed by atoms with E-state index in [0.717, 1.165) is 31.9 Å². The van der Waals surface area contributed by atoms with Gasteiger partial charge in [-0.25, -0.2) is 0 Å². The first kappa shape index (κ1) is 21.0. The Balaban J connectivity index is 1.84. The Bertz CT molecular complexity index is 708. The van der Waals surface area contributed by atoms with Crippen LogP contribution in [0.25, 0.3) is 0 Å². The zero-order valence-electron chi connectivity index (χ0n) is 15.8. The Morgan fingerprint density at radius 2 is 1.52 bits per heavy atom. The zero-order chi connectivity index (χ0) is 19.6. The number of hydrogen-bond donors (Lipinski definition) is 5. The fourth-order valence-electron chi connectivity index (χ4n) is 2.32. The summed E-state index contributed by atoms with van der Waals surface area (Å²) >= 11 is 10.3. The van der Waals surface area contributed by atoms with Crippen LogP contribution in [-0.2, 0) is 0 Å². The Kier molecular flexibility index (Phi) is 8.37. The molecular formula is C17H26N8S2. The van der Waals surface area contributed by atoms with Crippen LogP contribution in [0.4, 0.5) is 11.4 Å². The number of nitrogens with one attached hydrogen (secondary N) is 5. The molecule has 0 amide bonds. The van der Waals surface area contributed by atoms with Crippen LogP contribution in [0.1, 0.15) is 13.8 Å². The normalized spacial score (nSPS) is 15.1. The molecule has 2 rings (SSSR count). The van der Waals surface area contributed by atoms with E-state index in [0.29, 0.717) is 21.6 Å². The fourth-order valence-corrected chi connectivity index (χ4v) is 2.53. The number of anilines is 2. The number of rotatable bonds is 5. The van der Waals surface area contributed by atoms with Gasteiger partial charge in [0.2, 0.25) is 0 Å². The van der Waals surface area contributed by atoms with Crippen molar-refractivity contribution in [2.24, 2.45) is 10.2 Å². The molecule has 1 aromatic rings. The van der Waals surface area contributed by atoms with Gasteiger partial charge in [-0.15, -0.1) is 0 Å². The predicted molar refractivity (Wildman–Crippen MR) is 122 cm³/mol. The summed E-state index contributed by atoms with van der Waals surface area (Å²) in [5, 5.41) is 18.5. The third-order valence-corrected chi connectivity index (χ3v) is 4.50. The van der Waals surface area contributed by atoms with Crippen LogP contribution in [0.5, 0.6) is 0 Å². The largest absolute Gasteiger partial charge is 0.369 e.